The molecule has 1 saturated carbocycles. The number of nitrogens with zero attached hydrogens (tertiary/aromatic N) is 1. The van der Waals surface area contributed by atoms with Crippen LogP contribution in [0.4, 0.5) is 0 Å². The third-order valence-corrected chi connectivity index (χ3v) is 7.06. The SMILES string of the molecule is CCOc1cc2[nH]c(=S)n(CCCCC(=O)N[C@@H]3CCC[C@@H](C)[C@H]3C)c(=O)c2cc1OCC. The summed E-state index contributed by atoms with van der Waals surface area (Å²) in [5.41, 5.74) is 0.468. The van der Waals surface area contributed by atoms with Crippen molar-refractivity contribution in [2.45, 2.75) is 78.8 Å². The van der Waals surface area contributed by atoms with Gasteiger partial charge in [-0.15, -0.1) is 0 Å². The first-order valence-electron chi connectivity index (χ1n) is 12.2. The van der Waals surface area contributed by atoms with E-state index in [0.29, 0.717) is 78.0 Å². The first-order chi connectivity index (χ1) is 15.8. The standard InChI is InChI=1S/C25H37N3O4S/c1-5-31-21-14-18-20(15-22(21)32-6-2)27-25(33)28(24(18)30)13-8-7-12-23(29)26-19-11-9-10-16(3)17(19)4/h14-17,19H,5-13H2,1-4H3,(H,26,29)(H,27,33)/t16-,17-,19-/m1/s1. The lowest BCUT2D eigenvalue weighted by Gasteiger charge is -2.34. The van der Waals surface area contributed by atoms with E-state index in [1.165, 1.54) is 12.8 Å². The number of rotatable bonds is 10. The van der Waals surface area contributed by atoms with E-state index in [0.717, 1.165) is 6.42 Å². The Hall–Kier alpha value is -2.35. The van der Waals surface area contributed by atoms with Crippen LogP contribution in [0.25, 0.3) is 10.9 Å². The number of amides is 1. The summed E-state index contributed by atoms with van der Waals surface area (Å²) in [6, 6.07) is 3.76. The van der Waals surface area contributed by atoms with Gasteiger partial charge in [0.1, 0.15) is 0 Å². The predicted molar refractivity (Wildman–Crippen MR) is 134 cm³/mol. The van der Waals surface area contributed by atoms with Gasteiger partial charge in [0.05, 0.1) is 24.1 Å². The van der Waals surface area contributed by atoms with Crippen LogP contribution < -0.4 is 20.3 Å². The fourth-order valence-electron chi connectivity index (χ4n) is 4.62. The van der Waals surface area contributed by atoms with Crippen molar-refractivity contribution in [3.63, 3.8) is 0 Å². The number of nitrogens with one attached hydrogen (secondary N) is 2. The average molecular weight is 476 g/mol. The molecule has 1 aromatic carbocycles. The molecule has 0 saturated heterocycles. The minimum Gasteiger partial charge on any atom is -0.490 e. The molecule has 0 bridgehead atoms. The molecule has 1 aliphatic rings. The molecule has 1 heterocycles. The zero-order valence-corrected chi connectivity index (χ0v) is 21.1. The van der Waals surface area contributed by atoms with Crippen molar-refractivity contribution in [1.82, 2.24) is 14.9 Å². The first kappa shape index (κ1) is 25.3. The number of fused-ring (bicyclic) bond motifs is 1. The Morgan fingerprint density at radius 2 is 1.85 bits per heavy atom. The maximum Gasteiger partial charge on any atom is 0.262 e. The highest BCUT2D eigenvalue weighted by Crippen LogP contribution is 2.31. The van der Waals surface area contributed by atoms with Crippen LogP contribution in [0.5, 0.6) is 11.5 Å². The minimum atomic E-state index is -0.160. The topological polar surface area (TPSA) is 85.4 Å². The molecule has 1 amide bonds. The Balaban J connectivity index is 1.64. The number of aromatic amines is 1. The lowest BCUT2D eigenvalue weighted by Crippen LogP contribution is -2.43. The smallest absolute Gasteiger partial charge is 0.262 e. The Kier molecular flexibility index (Phi) is 8.95. The molecular formula is C25H37N3O4S. The molecule has 2 N–H and O–H groups in total. The van der Waals surface area contributed by atoms with E-state index in [-0.39, 0.29) is 17.5 Å². The summed E-state index contributed by atoms with van der Waals surface area (Å²) in [7, 11) is 0. The van der Waals surface area contributed by atoms with Crippen LogP contribution in [0.2, 0.25) is 0 Å². The van der Waals surface area contributed by atoms with Crippen LogP contribution in [-0.2, 0) is 11.3 Å². The van der Waals surface area contributed by atoms with Crippen LogP contribution in [0, 0.1) is 16.6 Å². The van der Waals surface area contributed by atoms with Gasteiger partial charge in [0.2, 0.25) is 5.91 Å². The van der Waals surface area contributed by atoms with Gasteiger partial charge in [-0.3, -0.25) is 14.2 Å². The number of benzene rings is 1. The molecule has 2 aromatic rings. The monoisotopic (exact) mass is 475 g/mol. The second kappa shape index (κ2) is 11.7. The van der Waals surface area contributed by atoms with Crippen LogP contribution in [0.3, 0.4) is 0 Å². The number of carbonyl (C=O) groups is 1. The van der Waals surface area contributed by atoms with E-state index in [4.69, 9.17) is 21.7 Å². The molecule has 8 heteroatoms. The van der Waals surface area contributed by atoms with E-state index < -0.39 is 0 Å². The number of hydrogen-bond acceptors (Lipinski definition) is 5. The Bertz CT molecular complexity index is 1080. The molecular weight excluding hydrogens is 438 g/mol. The second-order valence-corrected chi connectivity index (χ2v) is 9.38. The highest BCUT2D eigenvalue weighted by Gasteiger charge is 2.27. The van der Waals surface area contributed by atoms with Crippen LogP contribution in [0.15, 0.2) is 16.9 Å². The number of hydrogen-bond donors (Lipinski definition) is 2. The van der Waals surface area contributed by atoms with Gasteiger partial charge in [-0.1, -0.05) is 26.7 Å². The van der Waals surface area contributed by atoms with E-state index >= 15 is 0 Å². The van der Waals surface area contributed by atoms with E-state index in [9.17, 15) is 9.59 Å². The summed E-state index contributed by atoms with van der Waals surface area (Å²) >= 11 is 5.45. The molecule has 33 heavy (non-hydrogen) atoms. The normalized spacial score (nSPS) is 20.5. The van der Waals surface area contributed by atoms with Gasteiger partial charge < -0.3 is 19.8 Å². The fourth-order valence-corrected chi connectivity index (χ4v) is 4.90. The van der Waals surface area contributed by atoms with E-state index in [2.05, 4.69) is 24.1 Å². The van der Waals surface area contributed by atoms with E-state index in [1.54, 1.807) is 16.7 Å². The molecule has 0 unspecified atom stereocenters. The summed E-state index contributed by atoms with van der Waals surface area (Å²) in [6.45, 7) is 9.72. The van der Waals surface area contributed by atoms with Gasteiger partial charge in [0.25, 0.3) is 5.56 Å². The zero-order valence-electron chi connectivity index (χ0n) is 20.2. The fraction of sp³-hybridized carbons (Fsp3) is 0.640. The van der Waals surface area contributed by atoms with Crippen molar-refractivity contribution in [2.75, 3.05) is 13.2 Å². The van der Waals surface area contributed by atoms with E-state index in [1.807, 2.05) is 13.8 Å². The molecule has 1 fully saturated rings. The first-order valence-corrected chi connectivity index (χ1v) is 12.6. The van der Waals surface area contributed by atoms with Gasteiger partial charge in [-0.05, 0) is 63.2 Å². The van der Waals surface area contributed by atoms with Crippen molar-refractivity contribution in [3.8, 4) is 11.5 Å². The van der Waals surface area contributed by atoms with Gasteiger partial charge in [-0.2, -0.15) is 0 Å². The Morgan fingerprint density at radius 1 is 1.15 bits per heavy atom. The quantitative estimate of drug-likeness (QED) is 0.374. The number of unbranched alkanes of at least 4 members (excludes halogenated alkanes) is 1. The zero-order chi connectivity index (χ0) is 24.0. The molecule has 3 atom stereocenters. The van der Waals surface area contributed by atoms with Gasteiger partial charge in [-0.25, -0.2) is 0 Å². The Morgan fingerprint density at radius 3 is 2.55 bits per heavy atom. The molecule has 7 nitrogen and oxygen atoms in total. The molecule has 0 radical (unpaired) electrons. The lowest BCUT2D eigenvalue weighted by atomic mass is 9.78. The number of H-pyrrole nitrogens is 1. The van der Waals surface area contributed by atoms with Gasteiger partial charge >= 0.3 is 0 Å². The molecule has 0 spiro atoms. The summed E-state index contributed by atoms with van der Waals surface area (Å²) < 4.78 is 13.3. The van der Waals surface area contributed by atoms with Crippen molar-refractivity contribution in [2.24, 2.45) is 11.8 Å². The average Bonchev–Trinajstić information content (AvgIpc) is 2.77. The van der Waals surface area contributed by atoms with Crippen molar-refractivity contribution >= 4 is 29.0 Å². The van der Waals surface area contributed by atoms with Crippen molar-refractivity contribution in [3.05, 3.63) is 27.3 Å². The summed E-state index contributed by atoms with van der Waals surface area (Å²) in [5.74, 6) is 2.40. The third kappa shape index (κ3) is 6.16. The predicted octanol–water partition coefficient (Wildman–Crippen LogP) is 4.97. The molecule has 0 aliphatic heterocycles. The maximum atomic E-state index is 13.1. The summed E-state index contributed by atoms with van der Waals surface area (Å²) in [4.78, 5) is 28.7. The third-order valence-electron chi connectivity index (χ3n) is 6.73. The van der Waals surface area contributed by atoms with Crippen LogP contribution in [0.1, 0.15) is 66.2 Å². The summed E-state index contributed by atoms with van der Waals surface area (Å²) in [5, 5.41) is 3.73. The highest BCUT2D eigenvalue weighted by molar-refractivity contribution is 7.71. The van der Waals surface area contributed by atoms with Crippen molar-refractivity contribution in [1.29, 1.82) is 0 Å². The molecule has 182 valence electrons. The van der Waals surface area contributed by atoms with Gasteiger partial charge in [0, 0.05) is 25.1 Å². The number of aromatic nitrogens is 2. The summed E-state index contributed by atoms with van der Waals surface area (Å²) in [6.07, 6.45) is 5.34. The maximum absolute atomic E-state index is 13.1. The molecule has 3 rings (SSSR count). The largest absolute Gasteiger partial charge is 0.490 e. The minimum absolute atomic E-state index is 0.0989. The Labute approximate surface area is 200 Å². The highest BCUT2D eigenvalue weighted by atomic mass is 32.1. The molecule has 1 aliphatic carbocycles. The lowest BCUT2D eigenvalue weighted by molar-refractivity contribution is -0.122. The van der Waals surface area contributed by atoms with Crippen LogP contribution in [-0.4, -0.2) is 34.7 Å². The number of ether oxygens (including phenoxy) is 2. The van der Waals surface area contributed by atoms with Crippen molar-refractivity contribution < 1.29 is 14.3 Å². The van der Waals surface area contributed by atoms with Crippen LogP contribution >= 0.6 is 12.2 Å². The van der Waals surface area contributed by atoms with Gasteiger partial charge in [0.15, 0.2) is 16.3 Å². The second-order valence-electron chi connectivity index (χ2n) is 9.00. The number of carbonyl (C=O) groups excluding carboxylic acids is 1. The molecule has 1 aromatic heterocycles.